The number of alkyl halides is 1. The second-order valence-electron chi connectivity index (χ2n) is 10.1. The van der Waals surface area contributed by atoms with Crippen molar-refractivity contribution >= 4 is 38.3 Å². The number of hydrogen-bond acceptors (Lipinski definition) is 5. The lowest BCUT2D eigenvalue weighted by atomic mass is 10.0. The van der Waals surface area contributed by atoms with Gasteiger partial charge >= 0.3 is 0 Å². The second-order valence-corrected chi connectivity index (χ2v) is 11.1. The Morgan fingerprint density at radius 3 is 2.79 bits per heavy atom. The van der Waals surface area contributed by atoms with E-state index in [0.717, 1.165) is 46.8 Å². The summed E-state index contributed by atoms with van der Waals surface area (Å²) in [5, 5.41) is 5.85. The molecule has 0 spiro atoms. The molecule has 0 bridgehead atoms. The maximum absolute atomic E-state index is 15.0. The Kier molecular flexibility index (Phi) is 6.84. The van der Waals surface area contributed by atoms with Gasteiger partial charge < -0.3 is 15.5 Å². The van der Waals surface area contributed by atoms with E-state index in [2.05, 4.69) is 20.5 Å². The summed E-state index contributed by atoms with van der Waals surface area (Å²) in [5.74, 6) is -0.501. The number of likely N-dealkylation sites (tertiary alicyclic amines) is 1. The number of nitrogens with zero attached hydrogens (tertiary/aromatic N) is 3. The molecule has 2 aromatic carbocycles. The summed E-state index contributed by atoms with van der Waals surface area (Å²) in [6.45, 7) is 3.00. The zero-order valence-corrected chi connectivity index (χ0v) is 21.7. The molecule has 2 saturated heterocycles. The summed E-state index contributed by atoms with van der Waals surface area (Å²) >= 11 is 1.45. The van der Waals surface area contributed by atoms with Crippen LogP contribution in [0.25, 0.3) is 26.4 Å². The number of benzene rings is 2. The number of fused-ring (bicyclic) bond motifs is 3. The quantitative estimate of drug-likeness (QED) is 0.309. The number of halogens is 2. The zero-order valence-electron chi connectivity index (χ0n) is 20.9. The van der Waals surface area contributed by atoms with E-state index in [-0.39, 0.29) is 26.5 Å². The molecule has 2 aliphatic rings. The zero-order chi connectivity index (χ0) is 26.2. The van der Waals surface area contributed by atoms with Crippen LogP contribution < -0.4 is 10.6 Å². The minimum atomic E-state index is -0.673. The molecule has 2 N–H and O–H groups in total. The largest absolute Gasteiger partial charge is 0.352 e. The number of aromatic nitrogens is 2. The second kappa shape index (κ2) is 10.4. The van der Waals surface area contributed by atoms with Gasteiger partial charge in [-0.15, -0.1) is 0 Å². The van der Waals surface area contributed by atoms with E-state index in [4.69, 9.17) is 0 Å². The molecule has 4 heterocycles. The van der Waals surface area contributed by atoms with Gasteiger partial charge in [0.1, 0.15) is 12.0 Å². The number of piperidine rings is 1. The van der Waals surface area contributed by atoms with Crippen LogP contribution in [0.1, 0.15) is 56.9 Å². The van der Waals surface area contributed by atoms with E-state index in [1.54, 1.807) is 12.1 Å². The molecule has 202 valence electrons. The number of carbonyl (C=O) groups is 2. The smallest absolute Gasteiger partial charge is 0.251 e. The van der Waals surface area contributed by atoms with Crippen molar-refractivity contribution in [1.29, 1.82) is 0 Å². The highest BCUT2D eigenvalue weighted by atomic mass is 32.1. The van der Waals surface area contributed by atoms with Crippen molar-refractivity contribution in [3.63, 3.8) is 0 Å². The van der Waals surface area contributed by atoms with E-state index < -0.39 is 6.17 Å². The standard InChI is InChI=1S/C28H29F2N5O2S.2H2/c29-19-8-12-34(13-9-19)11-1-10-31-27(37)18-3-6-24-25(15-18)38-28-33-23(16-35(24)28)20-4-2-17(14-21(20)30)22-5-7-26(36)32-22;;/h2-4,6,14-16,19,22H,1,5,7-13H2,(H,31,37)(H,32,36);2*1H/t22-;;/m1../s1. The Hall–Kier alpha value is -3.37. The normalized spacial score (nSPS) is 18.9. The van der Waals surface area contributed by atoms with E-state index >= 15 is 4.39 Å². The van der Waals surface area contributed by atoms with Crippen LogP contribution in [0.3, 0.4) is 0 Å². The summed E-state index contributed by atoms with van der Waals surface area (Å²) in [5.41, 5.74) is 3.20. The Labute approximate surface area is 225 Å². The maximum Gasteiger partial charge on any atom is 0.251 e. The number of amides is 2. The third-order valence-electron chi connectivity index (χ3n) is 7.48. The predicted octanol–water partition coefficient (Wildman–Crippen LogP) is 5.35. The van der Waals surface area contributed by atoms with Gasteiger partial charge in [0.15, 0.2) is 4.96 Å². The van der Waals surface area contributed by atoms with E-state index in [0.29, 0.717) is 49.0 Å². The van der Waals surface area contributed by atoms with Crippen LogP contribution in [0.4, 0.5) is 8.78 Å². The van der Waals surface area contributed by atoms with Gasteiger partial charge in [-0.3, -0.25) is 14.0 Å². The van der Waals surface area contributed by atoms with Crippen molar-refractivity contribution in [2.75, 3.05) is 26.2 Å². The topological polar surface area (TPSA) is 78.7 Å². The van der Waals surface area contributed by atoms with Crippen molar-refractivity contribution in [2.24, 2.45) is 0 Å². The first-order valence-corrected chi connectivity index (χ1v) is 13.9. The van der Waals surface area contributed by atoms with Gasteiger partial charge in [-0.1, -0.05) is 17.4 Å². The van der Waals surface area contributed by atoms with Crippen molar-refractivity contribution in [2.45, 2.75) is 44.3 Å². The molecule has 0 saturated carbocycles. The van der Waals surface area contributed by atoms with Gasteiger partial charge in [0.2, 0.25) is 5.91 Å². The predicted molar refractivity (Wildman–Crippen MR) is 148 cm³/mol. The third-order valence-corrected chi connectivity index (χ3v) is 8.49. The number of thiazole rings is 1. The summed E-state index contributed by atoms with van der Waals surface area (Å²) < 4.78 is 31.1. The average Bonchev–Trinajstić information content (AvgIpc) is 3.61. The molecule has 4 aromatic rings. The van der Waals surface area contributed by atoms with Gasteiger partial charge in [-0.05, 0) is 68.1 Å². The van der Waals surface area contributed by atoms with Gasteiger partial charge in [0.05, 0.1) is 22.0 Å². The highest BCUT2D eigenvalue weighted by molar-refractivity contribution is 7.23. The number of imidazole rings is 1. The first kappa shape index (κ1) is 24.9. The van der Waals surface area contributed by atoms with Crippen LogP contribution in [-0.2, 0) is 4.79 Å². The molecule has 2 amide bonds. The van der Waals surface area contributed by atoms with Crippen molar-refractivity contribution < 1.29 is 21.2 Å². The van der Waals surface area contributed by atoms with Crippen molar-refractivity contribution in [1.82, 2.24) is 24.9 Å². The van der Waals surface area contributed by atoms with Crippen molar-refractivity contribution in [3.8, 4) is 11.3 Å². The van der Waals surface area contributed by atoms with E-state index in [1.165, 1.54) is 17.4 Å². The molecular weight excluding hydrogens is 508 g/mol. The van der Waals surface area contributed by atoms with Crippen LogP contribution in [-0.4, -0.2) is 58.4 Å². The van der Waals surface area contributed by atoms with Crippen molar-refractivity contribution in [3.05, 3.63) is 59.5 Å². The lowest BCUT2D eigenvalue weighted by molar-refractivity contribution is -0.119. The Bertz CT molecular complexity index is 1520. The average molecular weight is 542 g/mol. The SMILES string of the molecule is O=C1CC[C@H](c2ccc(-c3cn4c(n3)sc3cc(C(=O)NCCCN5CCC(F)CC5)ccc34)c(F)c2)N1.[HH].[HH]. The van der Waals surface area contributed by atoms with Gasteiger partial charge in [-0.25, -0.2) is 13.8 Å². The van der Waals surface area contributed by atoms with Crippen LogP contribution in [0.15, 0.2) is 42.6 Å². The molecular formula is C28H33F2N5O2S. The minimum absolute atomic E-state index is 0. The number of rotatable bonds is 7. The fourth-order valence-corrected chi connectivity index (χ4v) is 6.37. The maximum atomic E-state index is 15.0. The molecule has 2 fully saturated rings. The van der Waals surface area contributed by atoms with Gasteiger partial charge in [0.25, 0.3) is 5.91 Å². The number of carbonyl (C=O) groups excluding carboxylic acids is 2. The highest BCUT2D eigenvalue weighted by Crippen LogP contribution is 2.33. The third kappa shape index (κ3) is 5.02. The molecule has 2 aliphatic heterocycles. The molecule has 0 radical (unpaired) electrons. The fourth-order valence-electron chi connectivity index (χ4n) is 5.32. The molecule has 6 rings (SSSR count). The summed E-state index contributed by atoms with van der Waals surface area (Å²) in [6.07, 6.45) is 4.30. The summed E-state index contributed by atoms with van der Waals surface area (Å²) in [4.78, 5) is 31.8. The molecule has 0 unspecified atom stereocenters. The van der Waals surface area contributed by atoms with E-state index in [1.807, 2.05) is 28.8 Å². The van der Waals surface area contributed by atoms with Crippen LogP contribution >= 0.6 is 11.3 Å². The molecule has 0 aliphatic carbocycles. The molecule has 1 atom stereocenters. The molecule has 7 nitrogen and oxygen atoms in total. The number of nitrogens with one attached hydrogen (secondary N) is 2. The first-order valence-electron chi connectivity index (χ1n) is 13.1. The van der Waals surface area contributed by atoms with Crippen LogP contribution in [0.2, 0.25) is 0 Å². The van der Waals surface area contributed by atoms with E-state index in [9.17, 15) is 14.0 Å². The summed E-state index contributed by atoms with van der Waals surface area (Å²) in [7, 11) is 0. The Balaban J connectivity index is 0.00000185. The highest BCUT2D eigenvalue weighted by Gasteiger charge is 2.24. The Morgan fingerprint density at radius 1 is 1.18 bits per heavy atom. The molecule has 10 heteroatoms. The number of hydrogen-bond donors (Lipinski definition) is 2. The van der Waals surface area contributed by atoms with Gasteiger partial charge in [-0.2, -0.15) is 0 Å². The lowest BCUT2D eigenvalue weighted by Crippen LogP contribution is -2.36. The lowest BCUT2D eigenvalue weighted by Gasteiger charge is -2.28. The minimum Gasteiger partial charge on any atom is -0.352 e. The fraction of sp³-hybridized carbons (Fsp3) is 0.393. The van der Waals surface area contributed by atoms with Gasteiger partial charge in [0, 0.05) is 46.2 Å². The Morgan fingerprint density at radius 2 is 2.03 bits per heavy atom. The molecule has 38 heavy (non-hydrogen) atoms. The molecule has 2 aromatic heterocycles. The monoisotopic (exact) mass is 541 g/mol. The van der Waals surface area contributed by atoms with Crippen LogP contribution in [0.5, 0.6) is 0 Å². The van der Waals surface area contributed by atoms with Crippen LogP contribution in [0, 0.1) is 5.82 Å². The summed E-state index contributed by atoms with van der Waals surface area (Å²) in [6, 6.07) is 10.4. The first-order chi connectivity index (χ1) is 18.4.